The highest BCUT2D eigenvalue weighted by Crippen LogP contribution is 2.46. The molecule has 148 valence electrons. The first-order valence-electron chi connectivity index (χ1n) is 9.31. The van der Waals surface area contributed by atoms with Crippen molar-refractivity contribution in [1.29, 1.82) is 0 Å². The van der Waals surface area contributed by atoms with Crippen LogP contribution < -0.4 is 10.1 Å². The van der Waals surface area contributed by atoms with Gasteiger partial charge in [0.2, 0.25) is 11.1 Å². The number of nitrogens with zero attached hydrogens (tertiary/aromatic N) is 3. The third-order valence-corrected chi connectivity index (χ3v) is 5.65. The minimum absolute atomic E-state index is 0.0787. The van der Waals surface area contributed by atoms with E-state index in [-0.39, 0.29) is 28.9 Å². The van der Waals surface area contributed by atoms with Crippen molar-refractivity contribution in [3.63, 3.8) is 0 Å². The number of ketones is 1. The number of fused-ring (bicyclic) bond motifs is 2. The van der Waals surface area contributed by atoms with Gasteiger partial charge in [-0.05, 0) is 36.3 Å². The molecule has 0 amide bonds. The standard InChI is InChI=1S/C20H24N4O3S/c1-5-27-15-8-11(6-7-13(15)25)17-16-12(9-20(2,3)10-14(16)26)21-18-22-19(28-4)23-24(17)18/h6-9,16-17,25H,5,10H2,1-4H3,(H,21,22,23)/t16-,17-/m0/s1. The molecular weight excluding hydrogens is 376 g/mol. The fourth-order valence-electron chi connectivity index (χ4n) is 4.01. The molecule has 8 heteroatoms. The number of Topliss-reactive ketones (excluding diaryl/α,β-unsaturated/α-hetero) is 1. The summed E-state index contributed by atoms with van der Waals surface area (Å²) in [5.41, 5.74) is 1.51. The largest absolute Gasteiger partial charge is 0.504 e. The SMILES string of the molecule is CCOc1cc([C@H]2[C@@H]3C(=O)CC(C)(C)C=C3Nc3nc(SC)nn32)ccc1O. The zero-order chi connectivity index (χ0) is 20.1. The highest BCUT2D eigenvalue weighted by molar-refractivity contribution is 7.98. The summed E-state index contributed by atoms with van der Waals surface area (Å²) >= 11 is 1.46. The number of rotatable bonds is 4. The van der Waals surface area contributed by atoms with E-state index in [2.05, 4.69) is 35.3 Å². The smallest absolute Gasteiger partial charge is 0.227 e. The van der Waals surface area contributed by atoms with Crippen molar-refractivity contribution in [3.05, 3.63) is 35.5 Å². The van der Waals surface area contributed by atoms with Crippen molar-refractivity contribution < 1.29 is 14.6 Å². The van der Waals surface area contributed by atoms with Crippen LogP contribution in [0.5, 0.6) is 11.5 Å². The number of allylic oxidation sites excluding steroid dienone is 2. The number of phenolic OH excluding ortho intramolecular Hbond substituents is 1. The molecule has 2 atom stereocenters. The molecule has 0 spiro atoms. The summed E-state index contributed by atoms with van der Waals surface area (Å²) in [5, 5.41) is 18.7. The third-order valence-electron chi connectivity index (χ3n) is 5.11. The van der Waals surface area contributed by atoms with Gasteiger partial charge in [0, 0.05) is 12.1 Å². The van der Waals surface area contributed by atoms with E-state index in [4.69, 9.17) is 4.74 Å². The topological polar surface area (TPSA) is 89.3 Å². The molecule has 1 aliphatic carbocycles. The number of hydrogen-bond donors (Lipinski definition) is 2. The van der Waals surface area contributed by atoms with Crippen LogP contribution in [0.15, 0.2) is 35.1 Å². The molecule has 2 aliphatic rings. The second-order valence-corrected chi connectivity index (χ2v) is 8.58. The van der Waals surface area contributed by atoms with Gasteiger partial charge in [0.15, 0.2) is 11.5 Å². The molecule has 0 unspecified atom stereocenters. The number of carbonyl (C=O) groups is 1. The number of benzene rings is 1. The minimum Gasteiger partial charge on any atom is -0.504 e. The maximum atomic E-state index is 13.2. The van der Waals surface area contributed by atoms with Crippen LogP contribution in [0.3, 0.4) is 0 Å². The number of carbonyl (C=O) groups excluding carboxylic acids is 1. The first-order chi connectivity index (χ1) is 13.3. The summed E-state index contributed by atoms with van der Waals surface area (Å²) in [4.78, 5) is 17.7. The van der Waals surface area contributed by atoms with Crippen molar-refractivity contribution in [2.75, 3.05) is 18.2 Å². The molecule has 0 saturated heterocycles. The molecule has 1 aromatic heterocycles. The van der Waals surface area contributed by atoms with Crippen molar-refractivity contribution in [2.24, 2.45) is 11.3 Å². The predicted molar refractivity (Wildman–Crippen MR) is 108 cm³/mol. The molecule has 1 aliphatic heterocycles. The highest BCUT2D eigenvalue weighted by atomic mass is 32.2. The van der Waals surface area contributed by atoms with Crippen molar-refractivity contribution in [2.45, 2.75) is 38.4 Å². The monoisotopic (exact) mass is 400 g/mol. The molecule has 2 heterocycles. The Morgan fingerprint density at radius 2 is 2.21 bits per heavy atom. The molecular formula is C20H24N4O3S. The molecule has 0 fully saturated rings. The summed E-state index contributed by atoms with van der Waals surface area (Å²) in [5.74, 6) is 0.886. The van der Waals surface area contributed by atoms with Crippen LogP contribution in [-0.2, 0) is 4.79 Å². The molecule has 0 bridgehead atoms. The van der Waals surface area contributed by atoms with Gasteiger partial charge in [0.05, 0.1) is 18.6 Å². The van der Waals surface area contributed by atoms with E-state index in [0.29, 0.717) is 29.9 Å². The molecule has 2 N–H and O–H groups in total. The fraction of sp³-hybridized carbons (Fsp3) is 0.450. The highest BCUT2D eigenvalue weighted by Gasteiger charge is 2.45. The Hall–Kier alpha value is -2.48. The van der Waals surface area contributed by atoms with Crippen LogP contribution >= 0.6 is 11.8 Å². The van der Waals surface area contributed by atoms with Gasteiger partial charge in [-0.2, -0.15) is 4.98 Å². The zero-order valence-corrected chi connectivity index (χ0v) is 17.2. The molecule has 1 aromatic carbocycles. The van der Waals surface area contributed by atoms with Gasteiger partial charge in [-0.3, -0.25) is 4.79 Å². The first-order valence-corrected chi connectivity index (χ1v) is 10.5. The summed E-state index contributed by atoms with van der Waals surface area (Å²) in [6.07, 6.45) is 4.52. The Morgan fingerprint density at radius 3 is 2.93 bits per heavy atom. The number of aromatic nitrogens is 3. The van der Waals surface area contributed by atoms with Crippen LogP contribution in [-0.4, -0.2) is 38.5 Å². The third kappa shape index (κ3) is 3.15. The van der Waals surface area contributed by atoms with E-state index in [0.717, 1.165) is 11.3 Å². The summed E-state index contributed by atoms with van der Waals surface area (Å²) < 4.78 is 7.35. The van der Waals surface area contributed by atoms with Crippen molar-refractivity contribution >= 4 is 23.5 Å². The number of ether oxygens (including phenoxy) is 1. The lowest BCUT2D eigenvalue weighted by molar-refractivity contribution is -0.125. The van der Waals surface area contributed by atoms with E-state index in [1.807, 2.05) is 19.2 Å². The van der Waals surface area contributed by atoms with Gasteiger partial charge in [0.25, 0.3) is 0 Å². The summed E-state index contributed by atoms with van der Waals surface area (Å²) in [7, 11) is 0. The quantitative estimate of drug-likeness (QED) is 0.758. The Kier molecular flexibility index (Phi) is 4.61. The van der Waals surface area contributed by atoms with E-state index in [9.17, 15) is 9.90 Å². The number of hydrogen-bond acceptors (Lipinski definition) is 7. The summed E-state index contributed by atoms with van der Waals surface area (Å²) in [6.45, 7) is 6.43. The van der Waals surface area contributed by atoms with Crippen LogP contribution in [0.4, 0.5) is 5.95 Å². The van der Waals surface area contributed by atoms with Crippen molar-refractivity contribution in [3.8, 4) is 11.5 Å². The second kappa shape index (κ2) is 6.84. The normalized spacial score (nSPS) is 22.7. The number of thioether (sulfide) groups is 1. The van der Waals surface area contributed by atoms with E-state index in [1.54, 1.807) is 16.8 Å². The average Bonchev–Trinajstić information content (AvgIpc) is 3.04. The predicted octanol–water partition coefficient (Wildman–Crippen LogP) is 3.62. The molecule has 28 heavy (non-hydrogen) atoms. The van der Waals surface area contributed by atoms with Gasteiger partial charge in [-0.1, -0.05) is 37.8 Å². The number of phenols is 1. The lowest BCUT2D eigenvalue weighted by Gasteiger charge is -2.40. The Balaban J connectivity index is 1.89. The summed E-state index contributed by atoms with van der Waals surface area (Å²) in [6, 6.07) is 4.88. The lowest BCUT2D eigenvalue weighted by Crippen LogP contribution is -2.42. The Labute approximate surface area is 168 Å². The van der Waals surface area contributed by atoms with Crippen LogP contribution in [0.1, 0.15) is 38.8 Å². The van der Waals surface area contributed by atoms with E-state index in [1.165, 1.54) is 11.8 Å². The maximum Gasteiger partial charge on any atom is 0.227 e. The minimum atomic E-state index is -0.379. The molecule has 0 radical (unpaired) electrons. The van der Waals surface area contributed by atoms with Gasteiger partial charge >= 0.3 is 0 Å². The fourth-order valence-corrected chi connectivity index (χ4v) is 4.36. The number of aromatic hydroxyl groups is 1. The van der Waals surface area contributed by atoms with Gasteiger partial charge in [-0.25, -0.2) is 4.68 Å². The number of nitrogens with one attached hydrogen (secondary N) is 1. The van der Waals surface area contributed by atoms with Gasteiger partial charge in [0.1, 0.15) is 5.78 Å². The Morgan fingerprint density at radius 1 is 1.43 bits per heavy atom. The lowest BCUT2D eigenvalue weighted by atomic mass is 9.72. The molecule has 0 saturated carbocycles. The average molecular weight is 401 g/mol. The van der Waals surface area contributed by atoms with Gasteiger partial charge < -0.3 is 15.2 Å². The molecule has 2 aromatic rings. The van der Waals surface area contributed by atoms with Gasteiger partial charge in [-0.15, -0.1) is 5.10 Å². The van der Waals surface area contributed by atoms with E-state index >= 15 is 0 Å². The van der Waals surface area contributed by atoms with Crippen LogP contribution in [0.2, 0.25) is 0 Å². The first kappa shape index (κ1) is 18.9. The van der Waals surface area contributed by atoms with Crippen LogP contribution in [0.25, 0.3) is 0 Å². The van der Waals surface area contributed by atoms with Crippen molar-refractivity contribution in [1.82, 2.24) is 14.8 Å². The van der Waals surface area contributed by atoms with E-state index < -0.39 is 0 Å². The van der Waals surface area contributed by atoms with Crippen LogP contribution in [0, 0.1) is 11.3 Å². The zero-order valence-electron chi connectivity index (χ0n) is 16.4. The maximum absolute atomic E-state index is 13.2. The number of anilines is 1. The Bertz CT molecular complexity index is 966. The molecule has 7 nitrogen and oxygen atoms in total. The second-order valence-electron chi connectivity index (χ2n) is 7.81. The molecule has 4 rings (SSSR count).